The second kappa shape index (κ2) is 7.89. The van der Waals surface area contributed by atoms with E-state index in [1.807, 2.05) is 19.9 Å². The highest BCUT2D eigenvalue weighted by Crippen LogP contribution is 2.18. The Kier molecular flexibility index (Phi) is 5.60. The Labute approximate surface area is 147 Å². The van der Waals surface area contributed by atoms with Crippen molar-refractivity contribution >= 4 is 5.95 Å². The number of aromatic nitrogens is 2. The molecule has 1 atom stereocenters. The number of halogens is 1. The van der Waals surface area contributed by atoms with E-state index in [0.29, 0.717) is 18.2 Å². The molecule has 1 aromatic heterocycles. The molecule has 3 rings (SSSR count). The molecule has 25 heavy (non-hydrogen) atoms. The van der Waals surface area contributed by atoms with Crippen molar-refractivity contribution in [3.05, 3.63) is 53.1 Å². The molecular formula is C19H25FN4O. The number of aliphatic hydroxyl groups is 1. The lowest BCUT2D eigenvalue weighted by molar-refractivity contribution is 0.166. The van der Waals surface area contributed by atoms with Gasteiger partial charge in [-0.3, -0.25) is 0 Å². The third kappa shape index (κ3) is 4.74. The smallest absolute Gasteiger partial charge is 0.225 e. The van der Waals surface area contributed by atoms with Crippen LogP contribution in [0.5, 0.6) is 0 Å². The molecule has 2 heterocycles. The molecule has 5 nitrogen and oxygen atoms in total. The van der Waals surface area contributed by atoms with E-state index < -0.39 is 6.10 Å². The lowest BCUT2D eigenvalue weighted by atomic mass is 10.0. The number of hydrogen-bond donors (Lipinski definition) is 2. The molecule has 0 aliphatic carbocycles. The van der Waals surface area contributed by atoms with Crippen LogP contribution in [0.3, 0.4) is 0 Å². The summed E-state index contributed by atoms with van der Waals surface area (Å²) in [5, 5.41) is 13.6. The number of nitrogens with zero attached hydrogens (tertiary/aromatic N) is 3. The summed E-state index contributed by atoms with van der Waals surface area (Å²) in [7, 11) is 0. The number of rotatable bonds is 5. The maximum atomic E-state index is 13.2. The molecule has 1 aliphatic heterocycles. The molecule has 1 saturated heterocycles. The summed E-state index contributed by atoms with van der Waals surface area (Å²) in [4.78, 5) is 11.3. The van der Waals surface area contributed by atoms with Crippen molar-refractivity contribution in [2.75, 3.05) is 24.5 Å². The minimum absolute atomic E-state index is 0.321. The zero-order chi connectivity index (χ0) is 17.8. The molecular weight excluding hydrogens is 319 g/mol. The summed E-state index contributed by atoms with van der Waals surface area (Å²) in [6.45, 7) is 6.17. The largest absolute Gasteiger partial charge is 0.387 e. The first-order chi connectivity index (χ1) is 12.0. The molecule has 0 radical (unpaired) electrons. The Hall–Kier alpha value is -2.05. The number of aryl methyl sites for hydroxylation is 2. The molecule has 1 aliphatic rings. The van der Waals surface area contributed by atoms with E-state index >= 15 is 0 Å². The van der Waals surface area contributed by atoms with Crippen molar-refractivity contribution in [3.63, 3.8) is 0 Å². The molecule has 2 aromatic rings. The van der Waals surface area contributed by atoms with Crippen molar-refractivity contribution < 1.29 is 9.50 Å². The van der Waals surface area contributed by atoms with Gasteiger partial charge in [-0.1, -0.05) is 12.1 Å². The average Bonchev–Trinajstić information content (AvgIpc) is 2.59. The monoisotopic (exact) mass is 344 g/mol. The van der Waals surface area contributed by atoms with Gasteiger partial charge in [0.15, 0.2) is 0 Å². The predicted molar refractivity (Wildman–Crippen MR) is 96.1 cm³/mol. The second-order valence-corrected chi connectivity index (χ2v) is 6.69. The summed E-state index contributed by atoms with van der Waals surface area (Å²) >= 11 is 0. The zero-order valence-electron chi connectivity index (χ0n) is 14.7. The summed E-state index contributed by atoms with van der Waals surface area (Å²) in [6, 6.07) is 8.45. The van der Waals surface area contributed by atoms with Gasteiger partial charge in [0.2, 0.25) is 5.95 Å². The topological polar surface area (TPSA) is 61.3 Å². The summed E-state index contributed by atoms with van der Waals surface area (Å²) in [6.07, 6.45) is 1.23. The number of aliphatic hydroxyl groups excluding tert-OH is 1. The Morgan fingerprint density at radius 3 is 2.52 bits per heavy atom. The molecule has 134 valence electrons. The SMILES string of the molecule is Cc1cc(C)nc(N2CCC(NC[C@@H](O)c3cccc(F)c3)CC2)n1. The fourth-order valence-electron chi connectivity index (χ4n) is 3.24. The highest BCUT2D eigenvalue weighted by atomic mass is 19.1. The van der Waals surface area contributed by atoms with Crippen molar-refractivity contribution in [1.29, 1.82) is 0 Å². The van der Waals surface area contributed by atoms with Crippen molar-refractivity contribution in [2.24, 2.45) is 0 Å². The first kappa shape index (κ1) is 17.8. The van der Waals surface area contributed by atoms with Crippen molar-refractivity contribution in [1.82, 2.24) is 15.3 Å². The van der Waals surface area contributed by atoms with Gasteiger partial charge in [-0.05, 0) is 50.5 Å². The Balaban J connectivity index is 1.49. The maximum Gasteiger partial charge on any atom is 0.225 e. The second-order valence-electron chi connectivity index (χ2n) is 6.69. The number of benzene rings is 1. The molecule has 0 unspecified atom stereocenters. The van der Waals surface area contributed by atoms with Crippen LogP contribution in [0.25, 0.3) is 0 Å². The van der Waals surface area contributed by atoms with Crippen molar-refractivity contribution in [2.45, 2.75) is 38.8 Å². The van der Waals surface area contributed by atoms with Crippen LogP contribution >= 0.6 is 0 Å². The van der Waals surface area contributed by atoms with Crippen LogP contribution in [-0.4, -0.2) is 40.8 Å². The Morgan fingerprint density at radius 1 is 1.20 bits per heavy atom. The van der Waals surface area contributed by atoms with Crippen LogP contribution in [0.1, 0.15) is 35.9 Å². The molecule has 0 saturated carbocycles. The fraction of sp³-hybridized carbons (Fsp3) is 0.474. The highest BCUT2D eigenvalue weighted by Gasteiger charge is 2.22. The molecule has 0 spiro atoms. The molecule has 0 amide bonds. The zero-order valence-corrected chi connectivity index (χ0v) is 14.7. The minimum Gasteiger partial charge on any atom is -0.387 e. The number of hydrogen-bond acceptors (Lipinski definition) is 5. The van der Waals surface area contributed by atoms with Crippen LogP contribution in [0, 0.1) is 19.7 Å². The van der Waals surface area contributed by atoms with Gasteiger partial charge in [-0.25, -0.2) is 14.4 Å². The van der Waals surface area contributed by atoms with Gasteiger partial charge < -0.3 is 15.3 Å². The molecule has 2 N–H and O–H groups in total. The van der Waals surface area contributed by atoms with Crippen LogP contribution in [0.4, 0.5) is 10.3 Å². The first-order valence-corrected chi connectivity index (χ1v) is 8.75. The highest BCUT2D eigenvalue weighted by molar-refractivity contribution is 5.32. The van der Waals surface area contributed by atoms with E-state index in [-0.39, 0.29) is 5.82 Å². The molecule has 6 heteroatoms. The van der Waals surface area contributed by atoms with E-state index in [4.69, 9.17) is 0 Å². The van der Waals surface area contributed by atoms with E-state index in [1.54, 1.807) is 12.1 Å². The molecule has 0 bridgehead atoms. The van der Waals surface area contributed by atoms with Crippen LogP contribution in [-0.2, 0) is 0 Å². The van der Waals surface area contributed by atoms with Gasteiger partial charge in [0.05, 0.1) is 6.10 Å². The molecule has 1 aromatic carbocycles. The van der Waals surface area contributed by atoms with E-state index in [2.05, 4.69) is 20.2 Å². The molecule has 1 fully saturated rings. The number of nitrogens with one attached hydrogen (secondary N) is 1. The maximum absolute atomic E-state index is 13.2. The van der Waals surface area contributed by atoms with E-state index in [9.17, 15) is 9.50 Å². The summed E-state index contributed by atoms with van der Waals surface area (Å²) in [5.41, 5.74) is 2.58. The van der Waals surface area contributed by atoms with Gasteiger partial charge in [-0.2, -0.15) is 0 Å². The van der Waals surface area contributed by atoms with Crippen LogP contribution in [0.2, 0.25) is 0 Å². The summed E-state index contributed by atoms with van der Waals surface area (Å²) in [5.74, 6) is 0.481. The average molecular weight is 344 g/mol. The van der Waals surface area contributed by atoms with Crippen LogP contribution in [0.15, 0.2) is 30.3 Å². The van der Waals surface area contributed by atoms with Gasteiger partial charge >= 0.3 is 0 Å². The third-order valence-electron chi connectivity index (χ3n) is 4.58. The lowest BCUT2D eigenvalue weighted by Gasteiger charge is -2.33. The van der Waals surface area contributed by atoms with Gasteiger partial charge in [0, 0.05) is 37.1 Å². The number of anilines is 1. The Morgan fingerprint density at radius 2 is 1.88 bits per heavy atom. The Bertz CT molecular complexity index is 696. The lowest BCUT2D eigenvalue weighted by Crippen LogP contribution is -2.44. The van der Waals surface area contributed by atoms with Gasteiger partial charge in [0.1, 0.15) is 5.82 Å². The quantitative estimate of drug-likeness (QED) is 0.873. The normalized spacial score (nSPS) is 16.9. The fourth-order valence-corrected chi connectivity index (χ4v) is 3.24. The summed E-state index contributed by atoms with van der Waals surface area (Å²) < 4.78 is 13.2. The predicted octanol–water partition coefficient (Wildman–Crippen LogP) is 2.52. The van der Waals surface area contributed by atoms with E-state index in [0.717, 1.165) is 43.3 Å². The van der Waals surface area contributed by atoms with Crippen LogP contribution < -0.4 is 10.2 Å². The van der Waals surface area contributed by atoms with Crippen molar-refractivity contribution in [3.8, 4) is 0 Å². The van der Waals surface area contributed by atoms with Gasteiger partial charge in [0.25, 0.3) is 0 Å². The third-order valence-corrected chi connectivity index (χ3v) is 4.58. The number of piperidine rings is 1. The van der Waals surface area contributed by atoms with Gasteiger partial charge in [-0.15, -0.1) is 0 Å². The minimum atomic E-state index is -0.698. The standard InChI is InChI=1S/C19H25FN4O/c1-13-10-14(2)23-19(22-13)24-8-6-17(7-9-24)21-12-18(25)15-4-3-5-16(20)11-15/h3-5,10-11,17-18,21,25H,6-9,12H2,1-2H3/t18-/m1/s1. The first-order valence-electron chi connectivity index (χ1n) is 8.75. The van der Waals surface area contributed by atoms with E-state index in [1.165, 1.54) is 12.1 Å².